The minimum atomic E-state index is -0.0316. The van der Waals surface area contributed by atoms with Gasteiger partial charge in [-0.3, -0.25) is 4.79 Å². The fraction of sp³-hybridized carbons (Fsp3) is 0.714. The standard InChI is InChI=1S/C14H23N3OS/c1-9-3-5-11(6-4-9)7-8-16-13(18)12-10(2)17-14(15)19-12/h9,11H,3-8H2,1-2H3,(H2,15,17)(H,16,18). The predicted octanol–water partition coefficient (Wildman–Crippen LogP) is 2.98. The third-order valence-electron chi connectivity index (χ3n) is 3.99. The maximum absolute atomic E-state index is 12.0. The smallest absolute Gasteiger partial charge is 0.263 e. The highest BCUT2D eigenvalue weighted by molar-refractivity contribution is 7.17. The van der Waals surface area contributed by atoms with Crippen molar-refractivity contribution in [3.63, 3.8) is 0 Å². The summed E-state index contributed by atoms with van der Waals surface area (Å²) in [6.07, 6.45) is 6.38. The Morgan fingerprint density at radius 2 is 2.11 bits per heavy atom. The molecule has 0 aromatic carbocycles. The second kappa shape index (κ2) is 6.37. The van der Waals surface area contributed by atoms with Gasteiger partial charge in [-0.1, -0.05) is 43.9 Å². The van der Waals surface area contributed by atoms with Gasteiger partial charge in [-0.2, -0.15) is 0 Å². The quantitative estimate of drug-likeness (QED) is 0.891. The van der Waals surface area contributed by atoms with Gasteiger partial charge in [0.25, 0.3) is 5.91 Å². The summed E-state index contributed by atoms with van der Waals surface area (Å²) in [6, 6.07) is 0. The Morgan fingerprint density at radius 3 is 2.68 bits per heavy atom. The van der Waals surface area contributed by atoms with Gasteiger partial charge >= 0.3 is 0 Å². The Balaban J connectivity index is 1.74. The van der Waals surface area contributed by atoms with E-state index in [1.165, 1.54) is 37.0 Å². The molecule has 1 saturated carbocycles. The first-order valence-corrected chi connectivity index (χ1v) is 7.89. The molecule has 4 nitrogen and oxygen atoms in total. The monoisotopic (exact) mass is 281 g/mol. The van der Waals surface area contributed by atoms with Crippen molar-refractivity contribution < 1.29 is 4.79 Å². The van der Waals surface area contributed by atoms with E-state index >= 15 is 0 Å². The van der Waals surface area contributed by atoms with E-state index in [1.807, 2.05) is 6.92 Å². The van der Waals surface area contributed by atoms with Crippen molar-refractivity contribution in [1.82, 2.24) is 10.3 Å². The summed E-state index contributed by atoms with van der Waals surface area (Å²) in [4.78, 5) is 16.7. The molecule has 1 amide bonds. The molecule has 1 aromatic heterocycles. The van der Waals surface area contributed by atoms with E-state index in [9.17, 15) is 4.79 Å². The number of amides is 1. The zero-order valence-corrected chi connectivity index (χ0v) is 12.6. The van der Waals surface area contributed by atoms with Crippen molar-refractivity contribution in [3.05, 3.63) is 10.6 Å². The molecule has 0 spiro atoms. The average Bonchev–Trinajstić information content (AvgIpc) is 2.71. The molecule has 0 radical (unpaired) electrons. The molecule has 0 bridgehead atoms. The fourth-order valence-electron chi connectivity index (χ4n) is 2.72. The molecule has 3 N–H and O–H groups in total. The van der Waals surface area contributed by atoms with Gasteiger partial charge in [-0.05, 0) is 25.2 Å². The molecular weight excluding hydrogens is 258 g/mol. The molecular formula is C14H23N3OS. The number of carbonyl (C=O) groups is 1. The molecule has 1 fully saturated rings. The van der Waals surface area contributed by atoms with Gasteiger partial charge in [0.2, 0.25) is 0 Å². The number of aromatic nitrogens is 1. The number of nitrogens with two attached hydrogens (primary N) is 1. The molecule has 1 aliphatic rings. The summed E-state index contributed by atoms with van der Waals surface area (Å²) in [7, 11) is 0. The van der Waals surface area contributed by atoms with Crippen LogP contribution in [0.3, 0.4) is 0 Å². The van der Waals surface area contributed by atoms with Crippen LogP contribution in [0, 0.1) is 18.8 Å². The number of anilines is 1. The second-order valence-electron chi connectivity index (χ2n) is 5.64. The van der Waals surface area contributed by atoms with Crippen LogP contribution < -0.4 is 11.1 Å². The van der Waals surface area contributed by atoms with Gasteiger partial charge in [0.05, 0.1) is 5.69 Å². The van der Waals surface area contributed by atoms with Crippen molar-refractivity contribution in [2.75, 3.05) is 12.3 Å². The first kappa shape index (κ1) is 14.3. The Labute approximate surface area is 118 Å². The summed E-state index contributed by atoms with van der Waals surface area (Å²) in [5, 5.41) is 3.45. The summed E-state index contributed by atoms with van der Waals surface area (Å²) >= 11 is 1.26. The number of thiazole rings is 1. The van der Waals surface area contributed by atoms with Crippen LogP contribution in [-0.2, 0) is 0 Å². The van der Waals surface area contributed by atoms with Crippen LogP contribution in [0.25, 0.3) is 0 Å². The molecule has 0 unspecified atom stereocenters. The van der Waals surface area contributed by atoms with E-state index in [2.05, 4.69) is 17.2 Å². The van der Waals surface area contributed by atoms with Crippen LogP contribution >= 0.6 is 11.3 Å². The van der Waals surface area contributed by atoms with Crippen LogP contribution in [0.15, 0.2) is 0 Å². The van der Waals surface area contributed by atoms with Gasteiger partial charge in [-0.25, -0.2) is 4.98 Å². The molecule has 5 heteroatoms. The molecule has 0 atom stereocenters. The van der Waals surface area contributed by atoms with Crippen molar-refractivity contribution in [1.29, 1.82) is 0 Å². The number of rotatable bonds is 4. The SMILES string of the molecule is Cc1nc(N)sc1C(=O)NCCC1CCC(C)CC1. The van der Waals surface area contributed by atoms with Gasteiger partial charge < -0.3 is 11.1 Å². The van der Waals surface area contributed by atoms with Gasteiger partial charge in [-0.15, -0.1) is 0 Å². The minimum absolute atomic E-state index is 0.0316. The number of hydrogen-bond donors (Lipinski definition) is 2. The van der Waals surface area contributed by atoms with Crippen LogP contribution in [0.1, 0.15) is 54.4 Å². The van der Waals surface area contributed by atoms with E-state index in [0.717, 1.165) is 30.5 Å². The van der Waals surface area contributed by atoms with Crippen LogP contribution in [0.4, 0.5) is 5.13 Å². The zero-order valence-electron chi connectivity index (χ0n) is 11.7. The van der Waals surface area contributed by atoms with Crippen molar-refractivity contribution in [2.45, 2.75) is 46.0 Å². The average molecular weight is 281 g/mol. The Bertz CT molecular complexity index is 436. The predicted molar refractivity (Wildman–Crippen MR) is 79.3 cm³/mol. The zero-order chi connectivity index (χ0) is 13.8. The van der Waals surface area contributed by atoms with Crippen LogP contribution in [-0.4, -0.2) is 17.4 Å². The molecule has 106 valence electrons. The topological polar surface area (TPSA) is 68.0 Å². The summed E-state index contributed by atoms with van der Waals surface area (Å²) in [5.74, 6) is 1.63. The van der Waals surface area contributed by atoms with Crippen LogP contribution in [0.2, 0.25) is 0 Å². The number of aryl methyl sites for hydroxylation is 1. The largest absolute Gasteiger partial charge is 0.375 e. The van der Waals surface area contributed by atoms with Crippen molar-refractivity contribution >= 4 is 22.4 Å². The third kappa shape index (κ3) is 3.93. The van der Waals surface area contributed by atoms with E-state index in [1.54, 1.807) is 0 Å². The summed E-state index contributed by atoms with van der Waals surface area (Å²) in [5.41, 5.74) is 6.33. The normalized spacial score (nSPS) is 23.3. The minimum Gasteiger partial charge on any atom is -0.375 e. The van der Waals surface area contributed by atoms with E-state index in [0.29, 0.717) is 10.0 Å². The number of hydrogen-bond acceptors (Lipinski definition) is 4. The molecule has 19 heavy (non-hydrogen) atoms. The Morgan fingerprint density at radius 1 is 1.42 bits per heavy atom. The van der Waals surface area contributed by atoms with E-state index < -0.39 is 0 Å². The van der Waals surface area contributed by atoms with Crippen molar-refractivity contribution in [2.24, 2.45) is 11.8 Å². The number of carbonyl (C=O) groups excluding carboxylic acids is 1. The Hall–Kier alpha value is -1.10. The number of nitrogen functional groups attached to an aromatic ring is 1. The second-order valence-corrected chi connectivity index (χ2v) is 6.67. The highest BCUT2D eigenvalue weighted by atomic mass is 32.1. The first-order valence-electron chi connectivity index (χ1n) is 7.07. The maximum atomic E-state index is 12.0. The molecule has 1 heterocycles. The maximum Gasteiger partial charge on any atom is 0.263 e. The third-order valence-corrected chi connectivity index (χ3v) is 4.98. The van der Waals surface area contributed by atoms with Gasteiger partial charge in [0.1, 0.15) is 4.88 Å². The fourth-order valence-corrected chi connectivity index (χ4v) is 3.47. The Kier molecular flexibility index (Phi) is 4.80. The lowest BCUT2D eigenvalue weighted by molar-refractivity contribution is 0.0953. The summed E-state index contributed by atoms with van der Waals surface area (Å²) in [6.45, 7) is 4.91. The molecule has 0 saturated heterocycles. The van der Waals surface area contributed by atoms with Gasteiger partial charge in [0.15, 0.2) is 5.13 Å². The lowest BCUT2D eigenvalue weighted by Crippen LogP contribution is -2.26. The highest BCUT2D eigenvalue weighted by Crippen LogP contribution is 2.30. The lowest BCUT2D eigenvalue weighted by Gasteiger charge is -2.26. The molecule has 1 aromatic rings. The summed E-state index contributed by atoms with van der Waals surface area (Å²) < 4.78 is 0. The van der Waals surface area contributed by atoms with Crippen LogP contribution in [0.5, 0.6) is 0 Å². The van der Waals surface area contributed by atoms with E-state index in [-0.39, 0.29) is 5.91 Å². The van der Waals surface area contributed by atoms with E-state index in [4.69, 9.17) is 5.73 Å². The van der Waals surface area contributed by atoms with Gasteiger partial charge in [0, 0.05) is 6.54 Å². The van der Waals surface area contributed by atoms with Crippen molar-refractivity contribution in [3.8, 4) is 0 Å². The molecule has 2 rings (SSSR count). The number of nitrogens with one attached hydrogen (secondary N) is 1. The highest BCUT2D eigenvalue weighted by Gasteiger charge is 2.19. The molecule has 0 aliphatic heterocycles. The number of nitrogens with zero attached hydrogens (tertiary/aromatic N) is 1. The first-order chi connectivity index (χ1) is 9.06. The molecule has 1 aliphatic carbocycles. The lowest BCUT2D eigenvalue weighted by atomic mass is 9.81.